The number of benzene rings is 1. The molecule has 0 spiro atoms. The van der Waals surface area contributed by atoms with Crippen molar-refractivity contribution in [1.82, 2.24) is 0 Å². The van der Waals surface area contributed by atoms with E-state index in [1.54, 1.807) is 0 Å². The number of anilines is 1. The normalized spacial score (nSPS) is 13.8. The van der Waals surface area contributed by atoms with Crippen molar-refractivity contribution in [2.24, 2.45) is 0 Å². The topological polar surface area (TPSA) is 20.3 Å². The Hall–Kier alpha value is -1.94. The molecule has 0 aliphatic carbocycles. The number of hydrogen-bond donors (Lipinski definition) is 0. The second kappa shape index (κ2) is 5.85. The largest absolute Gasteiger partial charge is 0.460 e. The van der Waals surface area contributed by atoms with Crippen LogP contribution < -0.4 is 4.90 Å². The number of hydrogen-bond acceptors (Lipinski definition) is 2. The second-order valence-corrected chi connectivity index (χ2v) is 4.96. The minimum absolute atomic E-state index is 0.353. The van der Waals surface area contributed by atoms with E-state index in [0.717, 1.165) is 17.0 Å². The van der Waals surface area contributed by atoms with Crippen molar-refractivity contribution in [2.75, 3.05) is 19.0 Å². The van der Waals surface area contributed by atoms with Crippen LogP contribution in [-0.4, -0.2) is 43.8 Å². The highest BCUT2D eigenvalue weighted by Gasteiger charge is 2.83. The summed E-state index contributed by atoms with van der Waals surface area (Å²) in [6, 6.07) is 3.85. The molecule has 0 radical (unpaired) electrons. The van der Waals surface area contributed by atoms with Crippen LogP contribution in [0.5, 0.6) is 0 Å². The first kappa shape index (κ1) is 20.1. The molecule has 136 valence electrons. The Morgan fingerprint density at radius 3 is 1.71 bits per heavy atom. The fraction of sp³-hybridized carbons (Fsp3) is 0.462. The molecule has 1 aromatic carbocycles. The predicted octanol–water partition coefficient (Wildman–Crippen LogP) is 4.40. The molecule has 0 aliphatic rings. The zero-order valence-corrected chi connectivity index (χ0v) is 12.1. The first-order chi connectivity index (χ1) is 10.6. The van der Waals surface area contributed by atoms with E-state index < -0.39 is 35.3 Å². The van der Waals surface area contributed by atoms with E-state index >= 15 is 0 Å². The first-order valence-electron chi connectivity index (χ1n) is 6.10. The predicted molar refractivity (Wildman–Crippen MR) is 66.0 cm³/mol. The smallest absolute Gasteiger partial charge is 0.377 e. The van der Waals surface area contributed by atoms with Gasteiger partial charge in [-0.25, -0.2) is 0 Å². The van der Waals surface area contributed by atoms with Gasteiger partial charge in [0, 0.05) is 25.3 Å². The van der Waals surface area contributed by atoms with Crippen LogP contribution in [0.3, 0.4) is 0 Å². The second-order valence-electron chi connectivity index (χ2n) is 4.96. The third-order valence-electron chi connectivity index (χ3n) is 3.06. The number of nitrogens with zero attached hydrogens (tertiary/aromatic N) is 1. The van der Waals surface area contributed by atoms with Gasteiger partial charge in [-0.2, -0.15) is 39.5 Å². The summed E-state index contributed by atoms with van der Waals surface area (Å²) in [6.07, 6.45) is -6.97. The summed E-state index contributed by atoms with van der Waals surface area (Å²) >= 11 is 0. The molecule has 11 heteroatoms. The summed E-state index contributed by atoms with van der Waals surface area (Å²) < 4.78 is 116. The van der Waals surface area contributed by atoms with E-state index in [4.69, 9.17) is 0 Å². The molecule has 0 unspecified atom stereocenters. The van der Waals surface area contributed by atoms with Crippen molar-refractivity contribution in [3.63, 3.8) is 0 Å². The lowest BCUT2D eigenvalue weighted by atomic mass is 9.94. The Morgan fingerprint density at radius 2 is 1.29 bits per heavy atom. The van der Waals surface area contributed by atoms with Crippen LogP contribution in [-0.2, 0) is 0 Å². The highest BCUT2D eigenvalue weighted by Crippen LogP contribution is 2.54. The van der Waals surface area contributed by atoms with Crippen molar-refractivity contribution in [3.8, 4) is 0 Å². The van der Waals surface area contributed by atoms with Gasteiger partial charge in [-0.15, -0.1) is 0 Å². The van der Waals surface area contributed by atoms with Gasteiger partial charge >= 0.3 is 23.9 Å². The average Bonchev–Trinajstić information content (AvgIpc) is 2.44. The molecular formula is C13H10F9NO. The number of ketones is 1. The minimum atomic E-state index is -7.10. The van der Waals surface area contributed by atoms with Crippen molar-refractivity contribution in [3.05, 3.63) is 29.8 Å². The molecular weight excluding hydrogens is 357 g/mol. The van der Waals surface area contributed by atoms with Crippen molar-refractivity contribution in [2.45, 2.75) is 23.9 Å². The zero-order valence-electron chi connectivity index (χ0n) is 12.1. The maximum Gasteiger partial charge on any atom is 0.460 e. The summed E-state index contributed by atoms with van der Waals surface area (Å²) in [4.78, 5) is 12.7. The number of alkyl halides is 9. The molecule has 0 amide bonds. The first-order valence-corrected chi connectivity index (χ1v) is 6.10. The van der Waals surface area contributed by atoms with Gasteiger partial charge in [0.1, 0.15) is 0 Å². The molecule has 1 aromatic rings. The van der Waals surface area contributed by atoms with Crippen molar-refractivity contribution < 1.29 is 44.3 Å². The summed E-state index contributed by atoms with van der Waals surface area (Å²) in [6.45, 7) is 0. The summed E-state index contributed by atoms with van der Waals surface area (Å²) in [5.41, 5.74) is -1.47. The lowest BCUT2D eigenvalue weighted by Crippen LogP contribution is -2.63. The molecule has 0 N–H and O–H groups in total. The molecule has 2 nitrogen and oxygen atoms in total. The van der Waals surface area contributed by atoms with Gasteiger partial charge < -0.3 is 4.90 Å². The Kier molecular flexibility index (Phi) is 4.90. The van der Waals surface area contributed by atoms with E-state index in [1.807, 2.05) is 0 Å². The third-order valence-corrected chi connectivity index (χ3v) is 3.06. The maximum atomic E-state index is 13.7. The van der Waals surface area contributed by atoms with Crippen LogP contribution in [0.15, 0.2) is 24.3 Å². The quantitative estimate of drug-likeness (QED) is 0.568. The highest BCUT2D eigenvalue weighted by molar-refractivity contribution is 6.06. The SMILES string of the molecule is CN(C)c1ccccc1C(=O)C(F)(F)C(F)(F)C(F)(F)C(F)(F)F. The molecule has 0 heterocycles. The van der Waals surface area contributed by atoms with E-state index in [-0.39, 0.29) is 5.69 Å². The van der Waals surface area contributed by atoms with Gasteiger partial charge in [-0.05, 0) is 12.1 Å². The molecule has 0 saturated carbocycles. The van der Waals surface area contributed by atoms with E-state index in [2.05, 4.69) is 0 Å². The van der Waals surface area contributed by atoms with Crippen LogP contribution in [0.1, 0.15) is 10.4 Å². The van der Waals surface area contributed by atoms with Crippen LogP contribution in [0.25, 0.3) is 0 Å². The van der Waals surface area contributed by atoms with Gasteiger partial charge in [0.15, 0.2) is 0 Å². The minimum Gasteiger partial charge on any atom is -0.377 e. The summed E-state index contributed by atoms with van der Waals surface area (Å²) in [5.74, 6) is -23.2. The maximum absolute atomic E-state index is 13.7. The fourth-order valence-electron chi connectivity index (χ4n) is 1.74. The molecule has 0 saturated heterocycles. The molecule has 0 bridgehead atoms. The summed E-state index contributed by atoms with van der Waals surface area (Å²) in [5, 5.41) is 0. The van der Waals surface area contributed by atoms with E-state index in [1.165, 1.54) is 20.2 Å². The Balaban J connectivity index is 3.47. The molecule has 1 rings (SSSR count). The van der Waals surface area contributed by atoms with Crippen molar-refractivity contribution >= 4 is 11.5 Å². The van der Waals surface area contributed by atoms with Crippen LogP contribution in [0.4, 0.5) is 45.2 Å². The molecule has 0 fully saturated rings. The Morgan fingerprint density at radius 1 is 0.833 bits per heavy atom. The molecule has 0 atom stereocenters. The van der Waals surface area contributed by atoms with Gasteiger partial charge in [0.25, 0.3) is 0 Å². The van der Waals surface area contributed by atoms with Crippen LogP contribution in [0, 0.1) is 0 Å². The van der Waals surface area contributed by atoms with Gasteiger partial charge in [0.05, 0.1) is 0 Å². The van der Waals surface area contributed by atoms with Gasteiger partial charge in [0.2, 0.25) is 5.78 Å². The number of carbonyl (C=O) groups is 1. The summed E-state index contributed by atoms with van der Waals surface area (Å²) in [7, 11) is 2.46. The van der Waals surface area contributed by atoms with E-state index in [9.17, 15) is 44.3 Å². The fourth-order valence-corrected chi connectivity index (χ4v) is 1.74. The average molecular weight is 367 g/mol. The monoisotopic (exact) mass is 367 g/mol. The highest BCUT2D eigenvalue weighted by atomic mass is 19.4. The van der Waals surface area contributed by atoms with E-state index in [0.29, 0.717) is 6.07 Å². The molecule has 0 aromatic heterocycles. The Labute approximate surface area is 129 Å². The number of rotatable bonds is 5. The van der Waals surface area contributed by atoms with Crippen LogP contribution >= 0.6 is 0 Å². The third kappa shape index (κ3) is 2.91. The lowest BCUT2D eigenvalue weighted by molar-refractivity contribution is -0.386. The van der Waals surface area contributed by atoms with Crippen molar-refractivity contribution in [1.29, 1.82) is 0 Å². The number of halogens is 9. The lowest BCUT2D eigenvalue weighted by Gasteiger charge is -2.33. The van der Waals surface area contributed by atoms with Gasteiger partial charge in [-0.1, -0.05) is 12.1 Å². The van der Waals surface area contributed by atoms with Crippen LogP contribution in [0.2, 0.25) is 0 Å². The Bertz CT molecular complexity index is 622. The number of para-hydroxylation sites is 1. The van der Waals surface area contributed by atoms with Gasteiger partial charge in [-0.3, -0.25) is 4.79 Å². The molecule has 24 heavy (non-hydrogen) atoms. The zero-order chi connectivity index (χ0) is 19.1. The number of Topliss-reactive ketones (excluding diaryl/α,β-unsaturated/α-hetero) is 1. The standard InChI is InChI=1S/C13H10F9NO/c1-23(2)8-6-4-3-5-7(8)9(24)10(14,15)11(16,17)12(18,19)13(20,21)22/h3-6H,1-2H3. The number of carbonyl (C=O) groups excluding carboxylic acids is 1. The molecule has 0 aliphatic heterocycles.